The van der Waals surface area contributed by atoms with E-state index in [0.717, 1.165) is 22.5 Å². The zero-order valence-corrected chi connectivity index (χ0v) is 14.1. The topological polar surface area (TPSA) is 96.6 Å². The Morgan fingerprint density at radius 2 is 2.00 bits per heavy atom. The van der Waals surface area contributed by atoms with Gasteiger partial charge in [-0.2, -0.15) is 0 Å². The molecule has 2 rings (SSSR count). The predicted molar refractivity (Wildman–Crippen MR) is 96.5 cm³/mol. The number of nitrogens with zero attached hydrogens (tertiary/aromatic N) is 1. The van der Waals surface area contributed by atoms with Crippen LogP contribution in [0.25, 0.3) is 0 Å². The van der Waals surface area contributed by atoms with Crippen molar-refractivity contribution in [2.24, 2.45) is 10.7 Å². The zero-order chi connectivity index (χ0) is 17.7. The Morgan fingerprint density at radius 1 is 1.25 bits per heavy atom. The number of anilines is 1. The van der Waals surface area contributed by atoms with Crippen molar-refractivity contribution >= 4 is 28.8 Å². The molecule has 0 saturated heterocycles. The Bertz CT molecular complexity index is 760. The number of benzene rings is 1. The van der Waals surface area contributed by atoms with Crippen LogP contribution in [-0.4, -0.2) is 30.5 Å². The Balaban J connectivity index is 2.16. The minimum absolute atomic E-state index is 0.0484. The molecule has 24 heavy (non-hydrogen) atoms. The van der Waals surface area contributed by atoms with Gasteiger partial charge in [-0.05, 0) is 62.3 Å². The highest BCUT2D eigenvalue weighted by Crippen LogP contribution is 2.24. The number of ketones is 1. The summed E-state index contributed by atoms with van der Waals surface area (Å²) in [5.74, 6) is -0.235. The number of amides is 1. The lowest BCUT2D eigenvalue weighted by Gasteiger charge is -2.12. The Kier molecular flexibility index (Phi) is 5.52. The predicted octanol–water partition coefficient (Wildman–Crippen LogP) is 1.99. The first kappa shape index (κ1) is 17.5. The Hall–Kier alpha value is -2.89. The van der Waals surface area contributed by atoms with Crippen LogP contribution in [0.3, 0.4) is 0 Å². The zero-order valence-electron chi connectivity index (χ0n) is 14.1. The van der Waals surface area contributed by atoms with Crippen LogP contribution in [0.4, 0.5) is 11.4 Å². The van der Waals surface area contributed by atoms with E-state index in [1.807, 2.05) is 39.0 Å². The van der Waals surface area contributed by atoms with E-state index >= 15 is 0 Å². The SMILES string of the molecule is CCNC(=O)CNc1ccc(N=C2C=C(N)C(=O)C=C2C)c(C)c1. The molecule has 1 aromatic rings. The van der Waals surface area contributed by atoms with Crippen molar-refractivity contribution in [3.05, 3.63) is 47.2 Å². The molecule has 4 N–H and O–H groups in total. The van der Waals surface area contributed by atoms with Gasteiger partial charge in [0, 0.05) is 12.2 Å². The number of nitrogens with two attached hydrogens (primary N) is 1. The van der Waals surface area contributed by atoms with Crippen LogP contribution < -0.4 is 16.4 Å². The summed E-state index contributed by atoms with van der Waals surface area (Å²) in [5.41, 5.74) is 9.93. The lowest BCUT2D eigenvalue weighted by Crippen LogP contribution is -2.29. The largest absolute Gasteiger partial charge is 0.396 e. The average Bonchev–Trinajstić information content (AvgIpc) is 2.53. The maximum Gasteiger partial charge on any atom is 0.239 e. The van der Waals surface area contributed by atoms with Crippen molar-refractivity contribution in [3.8, 4) is 0 Å². The molecule has 1 amide bonds. The number of carbonyl (C=O) groups is 2. The first-order chi connectivity index (χ1) is 11.4. The van der Waals surface area contributed by atoms with E-state index in [9.17, 15) is 9.59 Å². The van der Waals surface area contributed by atoms with Crippen molar-refractivity contribution in [1.82, 2.24) is 5.32 Å². The number of aryl methyl sites for hydroxylation is 1. The van der Waals surface area contributed by atoms with Gasteiger partial charge in [-0.1, -0.05) is 0 Å². The second kappa shape index (κ2) is 7.59. The maximum atomic E-state index is 11.5. The van der Waals surface area contributed by atoms with E-state index < -0.39 is 0 Å². The summed E-state index contributed by atoms with van der Waals surface area (Å²) < 4.78 is 0. The number of allylic oxidation sites excluding steroid dienone is 3. The highest BCUT2D eigenvalue weighted by Gasteiger charge is 2.13. The fourth-order valence-corrected chi connectivity index (χ4v) is 2.27. The molecule has 1 aliphatic rings. The lowest BCUT2D eigenvalue weighted by molar-refractivity contribution is -0.119. The highest BCUT2D eigenvalue weighted by atomic mass is 16.2. The molecule has 0 saturated carbocycles. The molecule has 1 aliphatic carbocycles. The normalized spacial score (nSPS) is 15.8. The lowest BCUT2D eigenvalue weighted by atomic mass is 10.0. The summed E-state index contributed by atoms with van der Waals surface area (Å²) in [6.45, 7) is 6.49. The molecule has 6 nitrogen and oxygen atoms in total. The standard InChI is InChI=1S/C18H22N4O2/c1-4-20-18(24)10-21-13-5-6-15(11(2)7-13)22-16-9-14(19)17(23)8-12(16)3/h5-9,21H,4,10,19H2,1-3H3,(H,20,24). The molecule has 126 valence electrons. The molecular weight excluding hydrogens is 304 g/mol. The van der Waals surface area contributed by atoms with E-state index in [4.69, 9.17) is 5.73 Å². The van der Waals surface area contributed by atoms with Crippen molar-refractivity contribution in [1.29, 1.82) is 0 Å². The summed E-state index contributed by atoms with van der Waals surface area (Å²) >= 11 is 0. The fourth-order valence-electron chi connectivity index (χ4n) is 2.27. The smallest absolute Gasteiger partial charge is 0.239 e. The molecule has 0 aliphatic heterocycles. The van der Waals surface area contributed by atoms with Gasteiger partial charge in [0.05, 0.1) is 23.6 Å². The number of hydrogen-bond acceptors (Lipinski definition) is 5. The third-order valence-corrected chi connectivity index (χ3v) is 3.59. The van der Waals surface area contributed by atoms with Gasteiger partial charge >= 0.3 is 0 Å². The first-order valence-electron chi connectivity index (χ1n) is 7.80. The van der Waals surface area contributed by atoms with Crippen LogP contribution in [0.1, 0.15) is 19.4 Å². The second-order valence-electron chi connectivity index (χ2n) is 5.60. The van der Waals surface area contributed by atoms with Crippen molar-refractivity contribution in [2.45, 2.75) is 20.8 Å². The third kappa shape index (κ3) is 4.32. The summed E-state index contributed by atoms with van der Waals surface area (Å²) in [6.07, 6.45) is 3.09. The second-order valence-corrected chi connectivity index (χ2v) is 5.60. The quantitative estimate of drug-likeness (QED) is 0.721. The summed E-state index contributed by atoms with van der Waals surface area (Å²) in [6, 6.07) is 5.67. The summed E-state index contributed by atoms with van der Waals surface area (Å²) in [7, 11) is 0. The molecule has 1 aromatic carbocycles. The summed E-state index contributed by atoms with van der Waals surface area (Å²) in [4.78, 5) is 27.6. The van der Waals surface area contributed by atoms with Gasteiger partial charge in [-0.3, -0.25) is 9.59 Å². The molecule has 0 unspecified atom stereocenters. The van der Waals surface area contributed by atoms with Crippen LogP contribution in [0, 0.1) is 6.92 Å². The Morgan fingerprint density at radius 3 is 2.67 bits per heavy atom. The fraction of sp³-hybridized carbons (Fsp3) is 0.278. The van der Waals surface area contributed by atoms with E-state index in [1.54, 1.807) is 6.08 Å². The van der Waals surface area contributed by atoms with Crippen LogP contribution >= 0.6 is 0 Å². The van der Waals surface area contributed by atoms with E-state index in [0.29, 0.717) is 12.3 Å². The minimum atomic E-state index is -0.187. The minimum Gasteiger partial charge on any atom is -0.396 e. The van der Waals surface area contributed by atoms with Gasteiger partial charge < -0.3 is 16.4 Å². The van der Waals surface area contributed by atoms with Gasteiger partial charge in [-0.25, -0.2) is 4.99 Å². The first-order valence-corrected chi connectivity index (χ1v) is 7.80. The van der Waals surface area contributed by atoms with Crippen molar-refractivity contribution < 1.29 is 9.59 Å². The molecule has 0 fully saturated rings. The average molecular weight is 326 g/mol. The van der Waals surface area contributed by atoms with Gasteiger partial charge in [0.1, 0.15) is 0 Å². The molecule has 0 spiro atoms. The van der Waals surface area contributed by atoms with Crippen molar-refractivity contribution in [3.63, 3.8) is 0 Å². The van der Waals surface area contributed by atoms with E-state index in [-0.39, 0.29) is 23.9 Å². The highest BCUT2D eigenvalue weighted by molar-refractivity contribution is 6.21. The van der Waals surface area contributed by atoms with Gasteiger partial charge in [0.15, 0.2) is 0 Å². The molecular formula is C18H22N4O2. The molecule has 0 atom stereocenters. The number of rotatable bonds is 5. The van der Waals surface area contributed by atoms with Crippen LogP contribution in [0.15, 0.2) is 46.6 Å². The number of likely N-dealkylation sites (N-methyl/N-ethyl adjacent to an activating group) is 1. The van der Waals surface area contributed by atoms with Gasteiger partial charge in [-0.15, -0.1) is 0 Å². The maximum absolute atomic E-state index is 11.5. The Labute approximate surface area is 141 Å². The van der Waals surface area contributed by atoms with Gasteiger partial charge in [0.25, 0.3) is 0 Å². The molecule has 6 heteroatoms. The molecule has 0 aromatic heterocycles. The van der Waals surface area contributed by atoms with E-state index in [1.165, 1.54) is 6.08 Å². The summed E-state index contributed by atoms with van der Waals surface area (Å²) in [5, 5.41) is 5.81. The van der Waals surface area contributed by atoms with Crippen LogP contribution in [0.2, 0.25) is 0 Å². The molecule has 0 radical (unpaired) electrons. The monoisotopic (exact) mass is 326 g/mol. The third-order valence-electron chi connectivity index (χ3n) is 3.59. The number of hydrogen-bond donors (Lipinski definition) is 3. The molecule has 0 heterocycles. The number of aliphatic imine (C=N–C) groups is 1. The number of carbonyl (C=O) groups excluding carboxylic acids is 2. The van der Waals surface area contributed by atoms with Gasteiger partial charge in [0.2, 0.25) is 11.7 Å². The van der Waals surface area contributed by atoms with Crippen molar-refractivity contribution in [2.75, 3.05) is 18.4 Å². The molecule has 0 bridgehead atoms. The van der Waals surface area contributed by atoms with Crippen LogP contribution in [-0.2, 0) is 9.59 Å². The number of nitrogens with one attached hydrogen (secondary N) is 2. The van der Waals surface area contributed by atoms with Crippen LogP contribution in [0.5, 0.6) is 0 Å². The van der Waals surface area contributed by atoms with E-state index in [2.05, 4.69) is 15.6 Å².